The van der Waals surface area contributed by atoms with Gasteiger partial charge in [-0.3, -0.25) is 0 Å². The highest BCUT2D eigenvalue weighted by Gasteiger charge is 2.18. The normalized spacial score (nSPS) is 9.94. The van der Waals surface area contributed by atoms with Gasteiger partial charge in [-0.25, -0.2) is 9.59 Å². The highest BCUT2D eigenvalue weighted by Crippen LogP contribution is 2.24. The monoisotopic (exact) mass is 244 g/mol. The molecule has 0 amide bonds. The number of aryl methyl sites for hydroxylation is 1. The summed E-state index contributed by atoms with van der Waals surface area (Å²) in [4.78, 5) is 27.1. The Morgan fingerprint density at radius 1 is 1.29 bits per heavy atom. The summed E-state index contributed by atoms with van der Waals surface area (Å²) in [6, 6.07) is 0. The number of ether oxygens (including phenoxy) is 2. The second-order valence-electron chi connectivity index (χ2n) is 3.16. The number of hydrogen-bond acceptors (Lipinski definition) is 5. The average Bonchev–Trinajstić information content (AvgIpc) is 2.56. The number of unbranched alkanes of at least 4 members (excludes halogenated alkanes) is 1. The molecule has 17 heavy (non-hydrogen) atoms. The first kappa shape index (κ1) is 12.8. The smallest absolute Gasteiger partial charge is 0.449 e. The molecule has 94 valence electrons. The van der Waals surface area contributed by atoms with Gasteiger partial charge in [-0.1, -0.05) is 13.3 Å². The molecular weight excluding hydrogens is 232 g/mol. The van der Waals surface area contributed by atoms with Crippen LogP contribution in [-0.4, -0.2) is 32.5 Å². The first-order chi connectivity index (χ1) is 8.02. The van der Waals surface area contributed by atoms with Gasteiger partial charge in [0.25, 0.3) is 11.8 Å². The van der Waals surface area contributed by atoms with Crippen LogP contribution in [0.15, 0.2) is 0 Å². The van der Waals surface area contributed by atoms with Crippen LogP contribution in [0.25, 0.3) is 0 Å². The van der Waals surface area contributed by atoms with Gasteiger partial charge in [0, 0.05) is 6.42 Å². The number of rotatable bonds is 5. The molecule has 1 aromatic heterocycles. The van der Waals surface area contributed by atoms with Crippen molar-refractivity contribution in [3.63, 3.8) is 0 Å². The van der Waals surface area contributed by atoms with E-state index in [0.29, 0.717) is 12.2 Å². The number of hydrogen-bond donors (Lipinski definition) is 3. The summed E-state index contributed by atoms with van der Waals surface area (Å²) in [7, 11) is 0. The number of nitrogens with zero attached hydrogens (tertiary/aromatic N) is 1. The van der Waals surface area contributed by atoms with Crippen molar-refractivity contribution in [3.05, 3.63) is 5.82 Å². The molecule has 0 spiro atoms. The quantitative estimate of drug-likeness (QED) is 0.675. The lowest BCUT2D eigenvalue weighted by Crippen LogP contribution is -2.08. The molecule has 0 aromatic carbocycles. The van der Waals surface area contributed by atoms with Crippen LogP contribution in [0.3, 0.4) is 0 Å². The summed E-state index contributed by atoms with van der Waals surface area (Å²) in [5.41, 5.74) is 0. The van der Waals surface area contributed by atoms with Crippen LogP contribution in [0, 0.1) is 0 Å². The van der Waals surface area contributed by atoms with Gasteiger partial charge in [-0.2, -0.15) is 4.98 Å². The van der Waals surface area contributed by atoms with Gasteiger partial charge in [0.1, 0.15) is 5.82 Å². The molecule has 0 aliphatic carbocycles. The zero-order chi connectivity index (χ0) is 12.8. The SMILES string of the molecule is CCCCc1nc(OC(=O)O)c(OC(=O)O)[nH]1. The lowest BCUT2D eigenvalue weighted by molar-refractivity contribution is 0.130. The molecule has 0 fully saturated rings. The molecule has 0 saturated carbocycles. The van der Waals surface area contributed by atoms with E-state index >= 15 is 0 Å². The molecule has 1 aromatic rings. The second kappa shape index (κ2) is 5.73. The molecule has 0 radical (unpaired) electrons. The second-order valence-corrected chi connectivity index (χ2v) is 3.16. The first-order valence-electron chi connectivity index (χ1n) is 4.93. The number of carbonyl (C=O) groups is 2. The topological polar surface area (TPSA) is 122 Å². The number of H-pyrrole nitrogens is 1. The van der Waals surface area contributed by atoms with E-state index in [2.05, 4.69) is 19.4 Å². The molecule has 0 bridgehead atoms. The van der Waals surface area contributed by atoms with E-state index in [4.69, 9.17) is 10.2 Å². The minimum atomic E-state index is -1.59. The maximum atomic E-state index is 10.4. The van der Waals surface area contributed by atoms with E-state index < -0.39 is 18.2 Å². The lowest BCUT2D eigenvalue weighted by Gasteiger charge is -1.97. The van der Waals surface area contributed by atoms with Gasteiger partial charge in [0.15, 0.2) is 0 Å². The molecule has 0 atom stereocenters. The average molecular weight is 244 g/mol. The zero-order valence-corrected chi connectivity index (χ0v) is 9.10. The van der Waals surface area contributed by atoms with E-state index in [1.807, 2.05) is 6.92 Å². The molecule has 8 nitrogen and oxygen atoms in total. The van der Waals surface area contributed by atoms with Crippen LogP contribution in [0.2, 0.25) is 0 Å². The molecule has 3 N–H and O–H groups in total. The Hall–Kier alpha value is -2.25. The molecule has 0 aliphatic rings. The van der Waals surface area contributed by atoms with Crippen molar-refractivity contribution >= 4 is 12.3 Å². The predicted molar refractivity (Wildman–Crippen MR) is 54.5 cm³/mol. The third-order valence-electron chi connectivity index (χ3n) is 1.83. The minimum absolute atomic E-state index is 0.328. The first-order valence-corrected chi connectivity index (χ1v) is 4.93. The van der Waals surface area contributed by atoms with Crippen molar-refractivity contribution in [1.82, 2.24) is 9.97 Å². The number of imidazole rings is 1. The molecule has 0 saturated heterocycles. The van der Waals surface area contributed by atoms with E-state index in [1.165, 1.54) is 0 Å². The Morgan fingerprint density at radius 3 is 2.47 bits per heavy atom. The van der Waals surface area contributed by atoms with Crippen LogP contribution in [0.1, 0.15) is 25.6 Å². The van der Waals surface area contributed by atoms with E-state index in [-0.39, 0.29) is 5.88 Å². The number of aromatic nitrogens is 2. The number of carboxylic acid groups (broad SMARTS) is 2. The third kappa shape index (κ3) is 4.01. The van der Waals surface area contributed by atoms with Gasteiger partial charge in [0.05, 0.1) is 0 Å². The molecule has 0 aliphatic heterocycles. The number of aromatic amines is 1. The predicted octanol–water partition coefficient (Wildman–Crippen LogP) is 1.87. The highest BCUT2D eigenvalue weighted by molar-refractivity contribution is 5.64. The third-order valence-corrected chi connectivity index (χ3v) is 1.83. The molecule has 1 heterocycles. The maximum absolute atomic E-state index is 10.4. The van der Waals surface area contributed by atoms with Crippen molar-refractivity contribution in [1.29, 1.82) is 0 Å². The maximum Gasteiger partial charge on any atom is 0.512 e. The summed E-state index contributed by atoms with van der Waals surface area (Å²) in [6.07, 6.45) is -0.868. The van der Waals surface area contributed by atoms with Gasteiger partial charge in [-0.15, -0.1) is 0 Å². The Kier molecular flexibility index (Phi) is 4.32. The zero-order valence-electron chi connectivity index (χ0n) is 9.10. The van der Waals surface area contributed by atoms with Gasteiger partial charge in [0.2, 0.25) is 0 Å². The summed E-state index contributed by atoms with van der Waals surface area (Å²) in [5, 5.41) is 16.9. The molecule has 1 rings (SSSR count). The highest BCUT2D eigenvalue weighted by atomic mass is 16.7. The van der Waals surface area contributed by atoms with Crippen molar-refractivity contribution in [2.75, 3.05) is 0 Å². The lowest BCUT2D eigenvalue weighted by atomic mass is 10.2. The van der Waals surface area contributed by atoms with Crippen LogP contribution in [0.4, 0.5) is 9.59 Å². The molecule has 8 heteroatoms. The van der Waals surface area contributed by atoms with E-state index in [1.54, 1.807) is 0 Å². The van der Waals surface area contributed by atoms with Crippen LogP contribution >= 0.6 is 0 Å². The van der Waals surface area contributed by atoms with Crippen molar-refractivity contribution in [3.8, 4) is 11.8 Å². The molecular formula is C9H12N2O6. The molecule has 0 unspecified atom stereocenters. The fraction of sp³-hybridized carbons (Fsp3) is 0.444. The minimum Gasteiger partial charge on any atom is -0.449 e. The number of nitrogens with one attached hydrogen (secondary N) is 1. The van der Waals surface area contributed by atoms with Crippen molar-refractivity contribution in [2.24, 2.45) is 0 Å². The Labute approximate surface area is 96.2 Å². The van der Waals surface area contributed by atoms with E-state index in [0.717, 1.165) is 12.8 Å². The fourth-order valence-corrected chi connectivity index (χ4v) is 1.16. The van der Waals surface area contributed by atoms with Crippen LogP contribution in [-0.2, 0) is 6.42 Å². The van der Waals surface area contributed by atoms with Crippen LogP contribution < -0.4 is 9.47 Å². The summed E-state index contributed by atoms with van der Waals surface area (Å²) in [6.45, 7) is 1.98. The fourth-order valence-electron chi connectivity index (χ4n) is 1.16. The van der Waals surface area contributed by atoms with Gasteiger partial charge in [-0.05, 0) is 6.42 Å². The summed E-state index contributed by atoms with van der Waals surface area (Å²) >= 11 is 0. The van der Waals surface area contributed by atoms with Crippen molar-refractivity contribution < 1.29 is 29.3 Å². The van der Waals surface area contributed by atoms with E-state index in [9.17, 15) is 9.59 Å². The van der Waals surface area contributed by atoms with Crippen LogP contribution in [0.5, 0.6) is 11.8 Å². The standard InChI is InChI=1S/C9H12N2O6/c1-2-3-4-5-10-6(16-8(12)13)7(11-5)17-9(14)15/h2-4H2,1H3,(H,10,11)(H,12,13)(H,14,15). The Balaban J connectivity index is 2.85. The van der Waals surface area contributed by atoms with Crippen molar-refractivity contribution in [2.45, 2.75) is 26.2 Å². The summed E-state index contributed by atoms with van der Waals surface area (Å²) < 4.78 is 8.61. The van der Waals surface area contributed by atoms with Gasteiger partial charge < -0.3 is 24.7 Å². The Morgan fingerprint density at radius 2 is 1.94 bits per heavy atom. The summed E-state index contributed by atoms with van der Waals surface area (Å²) in [5.74, 6) is -0.309. The van der Waals surface area contributed by atoms with Gasteiger partial charge >= 0.3 is 12.3 Å². The Bertz CT molecular complexity index is 380. The largest absolute Gasteiger partial charge is 0.512 e.